The average Bonchev–Trinajstić information content (AvgIpc) is 3.02. The number of esters is 1. The van der Waals surface area contributed by atoms with Crippen molar-refractivity contribution in [2.24, 2.45) is 0 Å². The number of carbonyl (C=O) groups excluding carboxylic acids is 3. The summed E-state index contributed by atoms with van der Waals surface area (Å²) >= 11 is 0. The van der Waals surface area contributed by atoms with E-state index in [1.165, 1.54) is 6.33 Å². The molecule has 1 unspecified atom stereocenters. The molecule has 46 heavy (non-hydrogen) atoms. The Morgan fingerprint density at radius 3 is 2.54 bits per heavy atom. The molecule has 1 saturated heterocycles. The first kappa shape index (κ1) is 34.7. The lowest BCUT2D eigenvalue weighted by molar-refractivity contribution is -0.145. The maximum absolute atomic E-state index is 13.3. The van der Waals surface area contributed by atoms with Gasteiger partial charge in [0.15, 0.2) is 6.61 Å². The van der Waals surface area contributed by atoms with Gasteiger partial charge in [-0.3, -0.25) is 0 Å². The largest absolute Gasteiger partial charge is 0.465 e. The summed E-state index contributed by atoms with van der Waals surface area (Å²) in [6, 6.07) is 8.70. The SMILES string of the molecule is CCOC(=O)COc1ncnc(C)c1C1=CCC(OC[C@H]2[C@@H](NC(=O)OC(C)(C)C)CCCN2C(=O)OCc2ccccc2)CC1. The number of allylic oxidation sites excluding steroid dienone is 1. The molecule has 2 heterocycles. The zero-order valence-corrected chi connectivity index (χ0v) is 27.5. The highest BCUT2D eigenvalue weighted by atomic mass is 16.6. The van der Waals surface area contributed by atoms with Crippen molar-refractivity contribution in [2.75, 3.05) is 26.4 Å². The van der Waals surface area contributed by atoms with Crippen molar-refractivity contribution in [2.45, 2.75) is 97.1 Å². The maximum Gasteiger partial charge on any atom is 0.410 e. The molecule has 2 aromatic rings. The smallest absolute Gasteiger partial charge is 0.410 e. The van der Waals surface area contributed by atoms with Crippen LogP contribution in [0.25, 0.3) is 5.57 Å². The Balaban J connectivity index is 1.43. The van der Waals surface area contributed by atoms with Crippen molar-refractivity contribution in [1.82, 2.24) is 20.2 Å². The van der Waals surface area contributed by atoms with Crippen LogP contribution in [-0.2, 0) is 30.3 Å². The number of nitrogens with one attached hydrogen (secondary N) is 1. The van der Waals surface area contributed by atoms with Crippen molar-refractivity contribution in [1.29, 1.82) is 0 Å². The van der Waals surface area contributed by atoms with Crippen LogP contribution in [0.3, 0.4) is 0 Å². The minimum Gasteiger partial charge on any atom is -0.465 e. The third kappa shape index (κ3) is 10.2. The predicted octanol–water partition coefficient (Wildman–Crippen LogP) is 5.37. The normalized spacial score (nSPS) is 19.9. The number of nitrogens with zero attached hydrogens (tertiary/aromatic N) is 3. The zero-order chi connectivity index (χ0) is 33.1. The Bertz CT molecular complexity index is 1360. The van der Waals surface area contributed by atoms with Crippen LogP contribution in [0, 0.1) is 6.92 Å². The molecule has 12 nitrogen and oxygen atoms in total. The number of rotatable bonds is 11. The van der Waals surface area contributed by atoms with Gasteiger partial charge in [-0.15, -0.1) is 0 Å². The monoisotopic (exact) mass is 638 g/mol. The Kier molecular flexibility index (Phi) is 12.4. The molecule has 3 atom stereocenters. The Labute approximate surface area is 270 Å². The molecule has 1 fully saturated rings. The molecule has 2 amide bonds. The van der Waals surface area contributed by atoms with E-state index in [4.69, 9.17) is 23.7 Å². The molecule has 1 aliphatic carbocycles. The number of hydrogen-bond acceptors (Lipinski definition) is 10. The second kappa shape index (κ2) is 16.4. The molecule has 250 valence electrons. The number of alkyl carbamates (subject to hydrolysis) is 1. The van der Waals surface area contributed by atoms with E-state index < -0.39 is 29.8 Å². The summed E-state index contributed by atoms with van der Waals surface area (Å²) < 4.78 is 28.3. The molecular formula is C34H46N4O8. The summed E-state index contributed by atoms with van der Waals surface area (Å²) in [5.74, 6) is -0.120. The van der Waals surface area contributed by atoms with Crippen LogP contribution in [-0.4, -0.2) is 83.2 Å². The second-order valence-electron chi connectivity index (χ2n) is 12.4. The number of piperidine rings is 1. The van der Waals surface area contributed by atoms with E-state index in [-0.39, 0.29) is 38.6 Å². The molecule has 12 heteroatoms. The summed E-state index contributed by atoms with van der Waals surface area (Å²) in [4.78, 5) is 48.2. The topological polar surface area (TPSA) is 138 Å². The van der Waals surface area contributed by atoms with E-state index >= 15 is 0 Å². The van der Waals surface area contributed by atoms with Crippen LogP contribution in [0.5, 0.6) is 5.88 Å². The van der Waals surface area contributed by atoms with Crippen molar-refractivity contribution < 1.29 is 38.1 Å². The van der Waals surface area contributed by atoms with Gasteiger partial charge in [-0.05, 0) is 77.9 Å². The molecule has 1 aromatic carbocycles. The van der Waals surface area contributed by atoms with E-state index in [1.54, 1.807) is 11.8 Å². The zero-order valence-electron chi connectivity index (χ0n) is 27.5. The van der Waals surface area contributed by atoms with E-state index in [9.17, 15) is 14.4 Å². The number of aryl methyl sites for hydroxylation is 1. The van der Waals surface area contributed by atoms with Crippen LogP contribution in [0.1, 0.15) is 76.6 Å². The lowest BCUT2D eigenvalue weighted by Gasteiger charge is -2.41. The number of carbonyl (C=O) groups is 3. The first-order valence-electron chi connectivity index (χ1n) is 15.9. The van der Waals surface area contributed by atoms with Gasteiger partial charge in [-0.2, -0.15) is 0 Å². The quantitative estimate of drug-likeness (QED) is 0.252. The fraction of sp³-hybridized carbons (Fsp3) is 0.559. The van der Waals surface area contributed by atoms with E-state index in [0.717, 1.165) is 22.4 Å². The maximum atomic E-state index is 13.3. The molecule has 0 spiro atoms. The Morgan fingerprint density at radius 1 is 1.07 bits per heavy atom. The van der Waals surface area contributed by atoms with Crippen molar-refractivity contribution in [3.05, 3.63) is 59.6 Å². The number of hydrogen-bond donors (Lipinski definition) is 1. The molecule has 1 aromatic heterocycles. The minimum absolute atomic E-state index is 0.108. The van der Waals surface area contributed by atoms with Crippen molar-refractivity contribution >= 4 is 23.7 Å². The minimum atomic E-state index is -0.656. The first-order chi connectivity index (χ1) is 22.0. The first-order valence-corrected chi connectivity index (χ1v) is 15.9. The third-order valence-electron chi connectivity index (χ3n) is 7.74. The van der Waals surface area contributed by atoms with Gasteiger partial charge in [0.1, 0.15) is 18.5 Å². The summed E-state index contributed by atoms with van der Waals surface area (Å²) in [5, 5.41) is 2.98. The van der Waals surface area contributed by atoms with Gasteiger partial charge < -0.3 is 33.9 Å². The highest BCUT2D eigenvalue weighted by molar-refractivity contribution is 5.74. The molecule has 1 N–H and O–H groups in total. The molecular weight excluding hydrogens is 592 g/mol. The fourth-order valence-corrected chi connectivity index (χ4v) is 5.60. The lowest BCUT2D eigenvalue weighted by Crippen LogP contribution is -2.59. The third-order valence-corrected chi connectivity index (χ3v) is 7.74. The molecule has 0 radical (unpaired) electrons. The van der Waals surface area contributed by atoms with E-state index in [1.807, 2.05) is 58.0 Å². The van der Waals surface area contributed by atoms with Crippen LogP contribution >= 0.6 is 0 Å². The molecule has 1 aliphatic heterocycles. The predicted molar refractivity (Wildman–Crippen MR) is 170 cm³/mol. The van der Waals surface area contributed by atoms with Crippen molar-refractivity contribution in [3.63, 3.8) is 0 Å². The highest BCUT2D eigenvalue weighted by Crippen LogP contribution is 2.34. The standard InChI is InChI=1S/C34H46N4O8/c1-6-42-29(39)21-44-31-30(23(2)35-22-36-31)25-14-16-26(17-15-25)43-20-28-27(37-32(40)46-34(3,4)5)13-10-18-38(28)33(41)45-19-24-11-8-7-9-12-24/h7-9,11-12,14,22,26-28H,6,10,13,15-21H2,1-5H3,(H,37,40)/t26?,27-,28-/m0/s1. The summed E-state index contributed by atoms with van der Waals surface area (Å²) in [7, 11) is 0. The fourth-order valence-electron chi connectivity index (χ4n) is 5.60. The van der Waals surface area contributed by atoms with Gasteiger partial charge in [0, 0.05) is 6.54 Å². The van der Waals surface area contributed by atoms with Gasteiger partial charge >= 0.3 is 18.2 Å². The average molecular weight is 639 g/mol. The van der Waals surface area contributed by atoms with E-state index in [2.05, 4.69) is 21.4 Å². The number of benzene rings is 1. The van der Waals surface area contributed by atoms with E-state index in [0.29, 0.717) is 44.5 Å². The number of ether oxygens (including phenoxy) is 5. The van der Waals surface area contributed by atoms with Gasteiger partial charge in [0.2, 0.25) is 5.88 Å². The van der Waals surface area contributed by atoms with Crippen LogP contribution in [0.4, 0.5) is 9.59 Å². The molecule has 4 rings (SSSR count). The Morgan fingerprint density at radius 2 is 1.85 bits per heavy atom. The van der Waals surface area contributed by atoms with Gasteiger partial charge in [0.25, 0.3) is 0 Å². The number of aromatic nitrogens is 2. The van der Waals surface area contributed by atoms with Crippen LogP contribution < -0.4 is 10.1 Å². The van der Waals surface area contributed by atoms with Crippen LogP contribution in [0.15, 0.2) is 42.7 Å². The Hall–Kier alpha value is -4.19. The molecule has 2 aliphatic rings. The summed E-state index contributed by atoms with van der Waals surface area (Å²) in [6.45, 7) is 9.95. The van der Waals surface area contributed by atoms with Crippen molar-refractivity contribution in [3.8, 4) is 5.88 Å². The van der Waals surface area contributed by atoms with Crippen LogP contribution in [0.2, 0.25) is 0 Å². The van der Waals surface area contributed by atoms with Gasteiger partial charge in [-0.1, -0.05) is 36.4 Å². The second-order valence-corrected chi connectivity index (χ2v) is 12.4. The van der Waals surface area contributed by atoms with Gasteiger partial charge in [-0.25, -0.2) is 24.4 Å². The number of amides is 2. The van der Waals surface area contributed by atoms with Gasteiger partial charge in [0.05, 0.1) is 42.7 Å². The molecule has 0 saturated carbocycles. The molecule has 0 bridgehead atoms. The lowest BCUT2D eigenvalue weighted by atomic mass is 9.91. The number of likely N-dealkylation sites (tertiary alicyclic amines) is 1. The summed E-state index contributed by atoms with van der Waals surface area (Å²) in [6.07, 6.45) is 5.80. The summed E-state index contributed by atoms with van der Waals surface area (Å²) in [5.41, 5.74) is 2.78. The highest BCUT2D eigenvalue weighted by Gasteiger charge is 2.38.